The van der Waals surface area contributed by atoms with Crippen LogP contribution >= 0.6 is 23.5 Å². The Morgan fingerprint density at radius 1 is 1.09 bits per heavy atom. The van der Waals surface area contributed by atoms with Crippen molar-refractivity contribution >= 4 is 34.4 Å². The average Bonchev–Trinajstić information content (AvgIpc) is 3.61. The van der Waals surface area contributed by atoms with Gasteiger partial charge in [-0.2, -0.15) is 16.9 Å². The number of halogens is 2. The highest BCUT2D eigenvalue weighted by molar-refractivity contribution is 7.99. The van der Waals surface area contributed by atoms with E-state index in [-0.39, 0.29) is 23.8 Å². The quantitative estimate of drug-likeness (QED) is 0.209. The van der Waals surface area contributed by atoms with Crippen molar-refractivity contribution in [3.05, 3.63) is 94.9 Å². The lowest BCUT2D eigenvalue weighted by Crippen LogP contribution is -2.16. The fourth-order valence-corrected chi connectivity index (χ4v) is 8.37. The molecule has 6 rings (SSSR count). The van der Waals surface area contributed by atoms with Gasteiger partial charge in [-0.1, -0.05) is 56.3 Å². The van der Waals surface area contributed by atoms with Gasteiger partial charge in [0, 0.05) is 41.6 Å². The summed E-state index contributed by atoms with van der Waals surface area (Å²) in [6, 6.07) is 16.7. The maximum Gasteiger partial charge on any atom is 0.161 e. The van der Waals surface area contributed by atoms with E-state index in [1.807, 2.05) is 36.2 Å². The largest absolute Gasteiger partial charge is 0.396 e. The van der Waals surface area contributed by atoms with E-state index in [0.29, 0.717) is 28.5 Å². The molecule has 1 atom stereocenters. The average molecular weight is 633 g/mol. The number of nitrogens with zero attached hydrogens (tertiary/aromatic N) is 3. The lowest BCUT2D eigenvalue weighted by atomic mass is 9.85. The van der Waals surface area contributed by atoms with Crippen LogP contribution in [0.1, 0.15) is 61.5 Å². The number of nitrogens with one attached hydrogen (secondary N) is 1. The summed E-state index contributed by atoms with van der Waals surface area (Å²) < 4.78 is 32.7. The van der Waals surface area contributed by atoms with Gasteiger partial charge >= 0.3 is 0 Å². The predicted molar refractivity (Wildman–Crippen MR) is 177 cm³/mol. The third-order valence-corrected chi connectivity index (χ3v) is 11.1. The SMILES string of the molecule is Cn1nc2nc1-c1cc(ccc1F)Sc1c(F)cc3[nH]ccc3c1CCSCC(C)(C)CCCC2c1cccc(CCO)c1. The minimum atomic E-state index is -0.396. The molecule has 0 fully saturated rings. The molecule has 2 aromatic heterocycles. The van der Waals surface area contributed by atoms with E-state index in [0.717, 1.165) is 69.7 Å². The van der Waals surface area contributed by atoms with Gasteiger partial charge in [-0.05, 0) is 89.6 Å². The van der Waals surface area contributed by atoms with E-state index >= 15 is 8.78 Å². The van der Waals surface area contributed by atoms with Crippen molar-refractivity contribution in [2.75, 3.05) is 18.1 Å². The monoisotopic (exact) mass is 632 g/mol. The molecule has 0 amide bonds. The van der Waals surface area contributed by atoms with E-state index in [9.17, 15) is 5.11 Å². The topological polar surface area (TPSA) is 66.7 Å². The van der Waals surface area contributed by atoms with Gasteiger partial charge in [0.2, 0.25) is 0 Å². The van der Waals surface area contributed by atoms with Crippen molar-refractivity contribution in [3.8, 4) is 11.4 Å². The second kappa shape index (κ2) is 13.1. The molecule has 230 valence electrons. The molecule has 1 aliphatic rings. The number of aryl methyl sites for hydroxylation is 2. The molecular formula is C35H38F2N4OS2. The highest BCUT2D eigenvalue weighted by Crippen LogP contribution is 2.40. The Hall–Kier alpha value is -3.14. The summed E-state index contributed by atoms with van der Waals surface area (Å²) in [5.74, 6) is 2.24. The number of thioether (sulfide) groups is 1. The molecule has 1 aliphatic heterocycles. The van der Waals surface area contributed by atoms with Crippen molar-refractivity contribution in [1.82, 2.24) is 19.7 Å². The molecule has 44 heavy (non-hydrogen) atoms. The number of rotatable bonds is 3. The van der Waals surface area contributed by atoms with Crippen LogP contribution in [0, 0.1) is 17.0 Å². The molecule has 0 spiro atoms. The van der Waals surface area contributed by atoms with Gasteiger partial charge in [-0.15, -0.1) is 0 Å². The number of hydrogen-bond acceptors (Lipinski definition) is 5. The molecule has 1 unspecified atom stereocenters. The Kier molecular flexibility index (Phi) is 9.17. The van der Waals surface area contributed by atoms with Crippen molar-refractivity contribution in [2.45, 2.75) is 61.7 Å². The molecule has 3 heterocycles. The second-order valence-electron chi connectivity index (χ2n) is 12.4. The van der Waals surface area contributed by atoms with Gasteiger partial charge in [0.25, 0.3) is 0 Å². The van der Waals surface area contributed by atoms with E-state index in [4.69, 9.17) is 10.1 Å². The molecule has 5 nitrogen and oxygen atoms in total. The first kappa shape index (κ1) is 30.9. The zero-order chi connectivity index (χ0) is 30.8. The first-order chi connectivity index (χ1) is 21.2. The minimum Gasteiger partial charge on any atom is -0.396 e. The number of hydrogen-bond donors (Lipinski definition) is 2. The van der Waals surface area contributed by atoms with E-state index < -0.39 is 5.82 Å². The summed E-state index contributed by atoms with van der Waals surface area (Å²) in [5.41, 5.74) is 4.39. The first-order valence-electron chi connectivity index (χ1n) is 15.2. The number of aliphatic hydroxyl groups excluding tert-OH is 1. The number of fused-ring (bicyclic) bond motifs is 8. The molecule has 5 aromatic rings. The number of aromatic amines is 1. The number of aliphatic hydroxyl groups is 1. The highest BCUT2D eigenvalue weighted by Gasteiger charge is 2.26. The summed E-state index contributed by atoms with van der Waals surface area (Å²) in [6.07, 6.45) is 6.05. The fourth-order valence-electron chi connectivity index (χ4n) is 6.14. The Morgan fingerprint density at radius 2 is 1.95 bits per heavy atom. The minimum absolute atomic E-state index is 0.0683. The number of aromatic nitrogens is 4. The maximum atomic E-state index is 15.6. The summed E-state index contributed by atoms with van der Waals surface area (Å²) in [5, 5.41) is 15.4. The third kappa shape index (κ3) is 6.60. The normalized spacial score (nSPS) is 17.6. The molecule has 0 radical (unpaired) electrons. The lowest BCUT2D eigenvalue weighted by molar-refractivity contribution is 0.299. The van der Waals surface area contributed by atoms with E-state index in [1.54, 1.807) is 29.9 Å². The fraction of sp³-hybridized carbons (Fsp3) is 0.371. The van der Waals surface area contributed by atoms with E-state index in [1.165, 1.54) is 17.8 Å². The molecule has 4 bridgehead atoms. The Balaban J connectivity index is 1.45. The first-order valence-corrected chi connectivity index (χ1v) is 17.1. The molecule has 3 aromatic carbocycles. The summed E-state index contributed by atoms with van der Waals surface area (Å²) in [6.45, 7) is 4.72. The number of H-pyrrole nitrogens is 1. The summed E-state index contributed by atoms with van der Waals surface area (Å²) in [7, 11) is 1.80. The molecule has 2 N–H and O–H groups in total. The smallest absolute Gasteiger partial charge is 0.161 e. The van der Waals surface area contributed by atoms with Crippen LogP contribution in [0.15, 0.2) is 70.6 Å². The Morgan fingerprint density at radius 3 is 2.80 bits per heavy atom. The lowest BCUT2D eigenvalue weighted by Gasteiger charge is -2.25. The van der Waals surface area contributed by atoms with Gasteiger partial charge < -0.3 is 10.1 Å². The van der Waals surface area contributed by atoms with Crippen LogP contribution in [0.2, 0.25) is 0 Å². The molecule has 0 aliphatic carbocycles. The van der Waals surface area contributed by atoms with Gasteiger partial charge in [-0.3, -0.25) is 0 Å². The number of benzene rings is 3. The summed E-state index contributed by atoms with van der Waals surface area (Å²) >= 11 is 3.25. The van der Waals surface area contributed by atoms with Crippen molar-refractivity contribution < 1.29 is 13.9 Å². The van der Waals surface area contributed by atoms with Crippen LogP contribution in [0.3, 0.4) is 0 Å². The highest BCUT2D eigenvalue weighted by atomic mass is 32.2. The van der Waals surface area contributed by atoms with Crippen LogP contribution in [0.25, 0.3) is 22.3 Å². The zero-order valence-corrected chi connectivity index (χ0v) is 27.0. The van der Waals surface area contributed by atoms with E-state index in [2.05, 4.69) is 31.0 Å². The molecular weight excluding hydrogens is 595 g/mol. The predicted octanol–water partition coefficient (Wildman–Crippen LogP) is 8.55. The van der Waals surface area contributed by atoms with Gasteiger partial charge in [-0.25, -0.2) is 18.4 Å². The van der Waals surface area contributed by atoms with Crippen molar-refractivity contribution in [1.29, 1.82) is 0 Å². The van der Waals surface area contributed by atoms with Crippen LogP contribution in [-0.4, -0.2) is 43.0 Å². The third-order valence-electron chi connectivity index (χ3n) is 8.45. The van der Waals surface area contributed by atoms with Crippen molar-refractivity contribution in [2.24, 2.45) is 12.5 Å². The van der Waals surface area contributed by atoms with Crippen LogP contribution < -0.4 is 0 Å². The van der Waals surface area contributed by atoms with Gasteiger partial charge in [0.1, 0.15) is 11.6 Å². The van der Waals surface area contributed by atoms with Gasteiger partial charge in [0.15, 0.2) is 11.6 Å². The van der Waals surface area contributed by atoms with Gasteiger partial charge in [0.05, 0.1) is 10.5 Å². The molecule has 0 saturated heterocycles. The Bertz CT molecular complexity index is 1780. The second-order valence-corrected chi connectivity index (χ2v) is 14.6. The van der Waals surface area contributed by atoms with Crippen LogP contribution in [-0.2, 0) is 19.9 Å². The van der Waals surface area contributed by atoms with Crippen LogP contribution in [0.5, 0.6) is 0 Å². The maximum absolute atomic E-state index is 15.6. The van der Waals surface area contributed by atoms with Crippen LogP contribution in [0.4, 0.5) is 8.78 Å². The summed E-state index contributed by atoms with van der Waals surface area (Å²) in [4.78, 5) is 9.43. The van der Waals surface area contributed by atoms with Crippen molar-refractivity contribution in [3.63, 3.8) is 0 Å². The zero-order valence-electron chi connectivity index (χ0n) is 25.4. The molecule has 0 saturated carbocycles. The standard InChI is InChI=1S/C35H38F2N4OS2/c1-35(2)14-5-8-25(23-7-4-6-22(18-23)12-16-42)33-39-34(41(3)40-33)28-19-24(9-10-29(28)36)44-32-27(13-17-43-21-35)26-11-15-38-31(26)20-30(32)37/h4,6-7,9-11,15,18-20,25,38,42H,5,8,12-14,16-17,21H2,1-3H3. The molecule has 9 heteroatoms. The Labute approximate surface area is 265 Å².